The van der Waals surface area contributed by atoms with Crippen molar-refractivity contribution in [1.82, 2.24) is 5.32 Å². The Balaban J connectivity index is 1.79. The third-order valence-electron chi connectivity index (χ3n) is 3.06. The Labute approximate surface area is 134 Å². The van der Waals surface area contributed by atoms with Crippen LogP contribution in [-0.4, -0.2) is 23.7 Å². The minimum Gasteiger partial charge on any atom is -0.491 e. The van der Waals surface area contributed by atoms with Crippen molar-refractivity contribution in [2.45, 2.75) is 32.5 Å². The van der Waals surface area contributed by atoms with E-state index in [0.29, 0.717) is 18.5 Å². The highest BCUT2D eigenvalue weighted by atomic mass is 32.1. The maximum absolute atomic E-state index is 12.0. The minimum atomic E-state index is -0.526. The fraction of sp³-hybridized carbons (Fsp3) is 0.353. The molecule has 0 spiro atoms. The Morgan fingerprint density at radius 2 is 2.00 bits per heavy atom. The first-order valence-corrected chi connectivity index (χ1v) is 8.20. The summed E-state index contributed by atoms with van der Waals surface area (Å²) in [5, 5.41) is 14.7. The van der Waals surface area contributed by atoms with E-state index in [1.165, 1.54) is 11.3 Å². The highest BCUT2D eigenvalue weighted by Gasteiger charge is 2.10. The molecule has 1 aromatic heterocycles. The molecule has 5 heteroatoms. The molecule has 2 aromatic rings. The normalized spacial score (nSPS) is 12.2. The lowest BCUT2D eigenvalue weighted by Crippen LogP contribution is -2.25. The molecular weight excluding hydrogens is 298 g/mol. The van der Waals surface area contributed by atoms with Crippen LogP contribution < -0.4 is 10.1 Å². The number of thiophene rings is 1. The van der Waals surface area contributed by atoms with Crippen LogP contribution in [0.2, 0.25) is 0 Å². The third kappa shape index (κ3) is 4.86. The average Bonchev–Trinajstić information content (AvgIpc) is 3.01. The number of carbonyl (C=O) groups excluding carboxylic acids is 1. The summed E-state index contributed by atoms with van der Waals surface area (Å²) < 4.78 is 5.54. The second-order valence-electron chi connectivity index (χ2n) is 5.27. The molecule has 0 saturated carbocycles. The second-order valence-corrected chi connectivity index (χ2v) is 6.25. The smallest absolute Gasteiger partial charge is 0.251 e. The van der Waals surface area contributed by atoms with Crippen LogP contribution in [0.1, 0.15) is 41.6 Å². The Kier molecular flexibility index (Phi) is 5.98. The number of nitrogens with one attached hydrogen (secondary N) is 1. The van der Waals surface area contributed by atoms with Crippen LogP contribution >= 0.6 is 11.3 Å². The van der Waals surface area contributed by atoms with Gasteiger partial charge in [0.2, 0.25) is 0 Å². The summed E-state index contributed by atoms with van der Waals surface area (Å²) in [6.45, 7) is 4.35. The van der Waals surface area contributed by atoms with Gasteiger partial charge in [-0.15, -0.1) is 11.3 Å². The molecule has 1 heterocycles. The van der Waals surface area contributed by atoms with Gasteiger partial charge in [-0.3, -0.25) is 4.79 Å². The van der Waals surface area contributed by atoms with Crippen LogP contribution in [0.25, 0.3) is 0 Å². The molecule has 0 saturated heterocycles. The van der Waals surface area contributed by atoms with E-state index in [4.69, 9.17) is 4.74 Å². The lowest BCUT2D eigenvalue weighted by atomic mass is 10.2. The van der Waals surface area contributed by atoms with E-state index in [-0.39, 0.29) is 12.0 Å². The summed E-state index contributed by atoms with van der Waals surface area (Å²) in [4.78, 5) is 12.9. The molecule has 1 atom stereocenters. The zero-order valence-electron chi connectivity index (χ0n) is 12.8. The van der Waals surface area contributed by atoms with Gasteiger partial charge in [-0.1, -0.05) is 6.07 Å². The van der Waals surface area contributed by atoms with Crippen LogP contribution in [0.4, 0.5) is 0 Å². The van der Waals surface area contributed by atoms with E-state index in [9.17, 15) is 9.90 Å². The summed E-state index contributed by atoms with van der Waals surface area (Å²) >= 11 is 1.52. The number of amides is 1. The van der Waals surface area contributed by atoms with Gasteiger partial charge in [0.15, 0.2) is 0 Å². The Morgan fingerprint density at radius 1 is 1.27 bits per heavy atom. The zero-order chi connectivity index (χ0) is 15.9. The SMILES string of the molecule is CC(C)Oc1ccc(C(=O)NCC[C@@H](O)c2cccs2)cc1. The van der Waals surface area contributed by atoms with E-state index in [1.807, 2.05) is 31.4 Å². The number of aliphatic hydroxyl groups is 1. The predicted molar refractivity (Wildman–Crippen MR) is 88.4 cm³/mol. The van der Waals surface area contributed by atoms with Gasteiger partial charge in [0.1, 0.15) is 5.75 Å². The summed E-state index contributed by atoms with van der Waals surface area (Å²) in [5.74, 6) is 0.606. The van der Waals surface area contributed by atoms with Gasteiger partial charge in [-0.2, -0.15) is 0 Å². The molecule has 1 amide bonds. The first-order chi connectivity index (χ1) is 10.6. The number of carbonyl (C=O) groups is 1. The molecule has 118 valence electrons. The highest BCUT2D eigenvalue weighted by molar-refractivity contribution is 7.10. The van der Waals surface area contributed by atoms with Crippen LogP contribution in [-0.2, 0) is 0 Å². The lowest BCUT2D eigenvalue weighted by molar-refractivity contribution is 0.0943. The Bertz CT molecular complexity index is 578. The molecule has 1 aromatic carbocycles. The van der Waals surface area contributed by atoms with E-state index < -0.39 is 6.10 Å². The predicted octanol–water partition coefficient (Wildman–Crippen LogP) is 3.39. The first-order valence-electron chi connectivity index (χ1n) is 7.32. The average molecular weight is 319 g/mol. The number of benzene rings is 1. The van der Waals surface area contributed by atoms with Crippen molar-refractivity contribution < 1.29 is 14.6 Å². The largest absolute Gasteiger partial charge is 0.491 e. The summed E-state index contributed by atoms with van der Waals surface area (Å²) in [7, 11) is 0. The topological polar surface area (TPSA) is 58.6 Å². The molecule has 0 aliphatic carbocycles. The van der Waals surface area contributed by atoms with E-state index in [0.717, 1.165) is 10.6 Å². The minimum absolute atomic E-state index is 0.110. The Hall–Kier alpha value is -1.85. The van der Waals surface area contributed by atoms with Gasteiger partial charge in [0.25, 0.3) is 5.91 Å². The van der Waals surface area contributed by atoms with Crippen LogP contribution in [0.15, 0.2) is 41.8 Å². The molecule has 0 radical (unpaired) electrons. The van der Waals surface area contributed by atoms with E-state index in [1.54, 1.807) is 24.3 Å². The monoisotopic (exact) mass is 319 g/mol. The number of ether oxygens (including phenoxy) is 1. The number of hydrogen-bond donors (Lipinski definition) is 2. The summed E-state index contributed by atoms with van der Waals surface area (Å²) in [6, 6.07) is 10.9. The van der Waals surface area contributed by atoms with Gasteiger partial charge in [-0.05, 0) is 56.0 Å². The molecular formula is C17H21NO3S. The first kappa shape index (κ1) is 16.5. The van der Waals surface area contributed by atoms with Crippen LogP contribution in [0.5, 0.6) is 5.75 Å². The van der Waals surface area contributed by atoms with Crippen molar-refractivity contribution in [3.05, 3.63) is 52.2 Å². The zero-order valence-corrected chi connectivity index (χ0v) is 13.6. The van der Waals surface area contributed by atoms with Crippen LogP contribution in [0.3, 0.4) is 0 Å². The molecule has 2 N–H and O–H groups in total. The maximum Gasteiger partial charge on any atom is 0.251 e. The molecule has 0 bridgehead atoms. The van der Waals surface area contributed by atoms with Crippen molar-refractivity contribution in [3.8, 4) is 5.75 Å². The molecule has 0 fully saturated rings. The van der Waals surface area contributed by atoms with E-state index in [2.05, 4.69) is 5.32 Å². The van der Waals surface area contributed by atoms with Gasteiger partial charge >= 0.3 is 0 Å². The highest BCUT2D eigenvalue weighted by Crippen LogP contribution is 2.21. The van der Waals surface area contributed by atoms with Crippen molar-refractivity contribution in [1.29, 1.82) is 0 Å². The third-order valence-corrected chi connectivity index (χ3v) is 4.04. The van der Waals surface area contributed by atoms with Gasteiger partial charge < -0.3 is 15.2 Å². The van der Waals surface area contributed by atoms with Gasteiger partial charge in [0, 0.05) is 17.0 Å². The van der Waals surface area contributed by atoms with Gasteiger partial charge in [0.05, 0.1) is 12.2 Å². The fourth-order valence-corrected chi connectivity index (χ4v) is 2.75. The molecule has 4 nitrogen and oxygen atoms in total. The molecule has 2 rings (SSSR count). The standard InChI is InChI=1S/C17H21NO3S/c1-12(2)21-14-7-5-13(6-8-14)17(20)18-10-9-15(19)16-4-3-11-22-16/h3-8,11-12,15,19H,9-10H2,1-2H3,(H,18,20)/t15-/m1/s1. The molecule has 0 aliphatic rings. The van der Waals surface area contributed by atoms with Crippen molar-refractivity contribution in [2.24, 2.45) is 0 Å². The van der Waals surface area contributed by atoms with E-state index >= 15 is 0 Å². The van der Waals surface area contributed by atoms with Gasteiger partial charge in [-0.25, -0.2) is 0 Å². The lowest BCUT2D eigenvalue weighted by Gasteiger charge is -2.11. The molecule has 0 aliphatic heterocycles. The van der Waals surface area contributed by atoms with Crippen molar-refractivity contribution in [3.63, 3.8) is 0 Å². The van der Waals surface area contributed by atoms with Crippen molar-refractivity contribution >= 4 is 17.2 Å². The molecule has 22 heavy (non-hydrogen) atoms. The summed E-state index contributed by atoms with van der Waals surface area (Å²) in [6.07, 6.45) is 0.0846. The Morgan fingerprint density at radius 3 is 2.59 bits per heavy atom. The van der Waals surface area contributed by atoms with Crippen LogP contribution in [0, 0.1) is 0 Å². The summed E-state index contributed by atoms with van der Waals surface area (Å²) in [5.41, 5.74) is 0.585. The number of aliphatic hydroxyl groups excluding tert-OH is 1. The number of hydrogen-bond acceptors (Lipinski definition) is 4. The fourth-order valence-electron chi connectivity index (χ4n) is 2.00. The quantitative estimate of drug-likeness (QED) is 0.822. The number of rotatable bonds is 7. The van der Waals surface area contributed by atoms with Crippen molar-refractivity contribution in [2.75, 3.05) is 6.54 Å². The second kappa shape index (κ2) is 7.96. The maximum atomic E-state index is 12.0. The molecule has 0 unspecified atom stereocenters.